The first-order valence-electron chi connectivity index (χ1n) is 6.69. The Kier molecular flexibility index (Phi) is 4.02. The second-order valence-corrected chi connectivity index (χ2v) is 5.21. The van der Waals surface area contributed by atoms with Crippen molar-refractivity contribution in [3.63, 3.8) is 0 Å². The summed E-state index contributed by atoms with van der Waals surface area (Å²) < 4.78 is 15.4. The van der Waals surface area contributed by atoms with Crippen LogP contribution in [0.2, 0.25) is 5.02 Å². The average molecular weight is 318 g/mol. The zero-order valence-corrected chi connectivity index (χ0v) is 12.5. The fraction of sp³-hybridized carbons (Fsp3) is 0.133. The molecule has 0 radical (unpaired) electrons. The summed E-state index contributed by atoms with van der Waals surface area (Å²) in [4.78, 5) is 3.94. The van der Waals surface area contributed by atoms with Gasteiger partial charge >= 0.3 is 0 Å². The Hall–Kier alpha value is -2.47. The molecule has 0 amide bonds. The average Bonchev–Trinajstić information content (AvgIpc) is 3.01. The molecular weight excluding hydrogens is 305 g/mol. The molecule has 1 atom stereocenters. The third-order valence-electron chi connectivity index (χ3n) is 3.14. The van der Waals surface area contributed by atoms with Crippen molar-refractivity contribution in [1.29, 1.82) is 0 Å². The van der Waals surface area contributed by atoms with Crippen molar-refractivity contribution in [3.8, 4) is 5.69 Å². The number of halogens is 2. The van der Waals surface area contributed by atoms with Crippen LogP contribution in [0.4, 0.5) is 10.2 Å². The topological polar surface area (TPSA) is 55.6 Å². The number of rotatable bonds is 4. The van der Waals surface area contributed by atoms with Crippen molar-refractivity contribution in [2.45, 2.75) is 13.0 Å². The molecule has 112 valence electrons. The van der Waals surface area contributed by atoms with Crippen LogP contribution >= 0.6 is 11.6 Å². The molecule has 1 unspecified atom stereocenters. The van der Waals surface area contributed by atoms with Crippen molar-refractivity contribution in [2.24, 2.45) is 0 Å². The molecule has 0 aliphatic heterocycles. The molecule has 22 heavy (non-hydrogen) atoms. The SMILES string of the molecule is CC(Nc1ncc(Cl)cc1F)c1cn(-c2ccccc2)nn1. The van der Waals surface area contributed by atoms with Crippen LogP contribution in [0.25, 0.3) is 5.69 Å². The molecule has 2 heterocycles. The smallest absolute Gasteiger partial charge is 0.166 e. The molecule has 2 aromatic heterocycles. The number of hydrogen-bond acceptors (Lipinski definition) is 4. The predicted molar refractivity (Wildman–Crippen MR) is 82.6 cm³/mol. The highest BCUT2D eigenvalue weighted by Crippen LogP contribution is 2.21. The number of nitrogens with one attached hydrogen (secondary N) is 1. The van der Waals surface area contributed by atoms with Gasteiger partial charge in [-0.15, -0.1) is 5.10 Å². The third-order valence-corrected chi connectivity index (χ3v) is 3.34. The van der Waals surface area contributed by atoms with E-state index in [1.165, 1.54) is 12.3 Å². The lowest BCUT2D eigenvalue weighted by molar-refractivity contribution is 0.620. The van der Waals surface area contributed by atoms with E-state index in [9.17, 15) is 4.39 Å². The van der Waals surface area contributed by atoms with E-state index in [0.717, 1.165) is 5.69 Å². The van der Waals surface area contributed by atoms with E-state index in [1.54, 1.807) is 10.9 Å². The molecule has 0 fully saturated rings. The Bertz CT molecular complexity index is 775. The van der Waals surface area contributed by atoms with Crippen LogP contribution in [0.5, 0.6) is 0 Å². The fourth-order valence-electron chi connectivity index (χ4n) is 1.98. The van der Waals surface area contributed by atoms with Crippen molar-refractivity contribution in [2.75, 3.05) is 5.32 Å². The first-order chi connectivity index (χ1) is 10.6. The molecule has 3 aromatic rings. The van der Waals surface area contributed by atoms with Crippen molar-refractivity contribution < 1.29 is 4.39 Å². The Balaban J connectivity index is 1.78. The molecule has 0 aliphatic rings. The number of benzene rings is 1. The van der Waals surface area contributed by atoms with Gasteiger partial charge in [0.25, 0.3) is 0 Å². The highest BCUT2D eigenvalue weighted by Gasteiger charge is 2.14. The summed E-state index contributed by atoms with van der Waals surface area (Å²) in [5, 5.41) is 11.4. The number of nitrogens with zero attached hydrogens (tertiary/aromatic N) is 4. The second kappa shape index (κ2) is 6.11. The van der Waals surface area contributed by atoms with Crippen LogP contribution < -0.4 is 5.32 Å². The van der Waals surface area contributed by atoms with Gasteiger partial charge in [-0.25, -0.2) is 14.1 Å². The molecule has 5 nitrogen and oxygen atoms in total. The Morgan fingerprint density at radius 1 is 1.27 bits per heavy atom. The molecule has 0 bridgehead atoms. The molecule has 0 saturated carbocycles. The minimum atomic E-state index is -0.505. The van der Waals surface area contributed by atoms with Gasteiger partial charge in [-0.2, -0.15) is 0 Å². The van der Waals surface area contributed by atoms with E-state index in [4.69, 9.17) is 11.6 Å². The van der Waals surface area contributed by atoms with Crippen LogP contribution in [-0.4, -0.2) is 20.0 Å². The maximum absolute atomic E-state index is 13.7. The zero-order valence-electron chi connectivity index (χ0n) is 11.7. The predicted octanol–water partition coefficient (Wildman–Crippen LogP) is 3.63. The lowest BCUT2D eigenvalue weighted by atomic mass is 10.2. The summed E-state index contributed by atoms with van der Waals surface area (Å²) in [6, 6.07) is 10.6. The molecule has 1 aromatic carbocycles. The van der Waals surface area contributed by atoms with E-state index in [-0.39, 0.29) is 16.9 Å². The molecule has 0 saturated heterocycles. The van der Waals surface area contributed by atoms with E-state index >= 15 is 0 Å². The summed E-state index contributed by atoms with van der Waals surface area (Å²) in [6.07, 6.45) is 3.18. The number of aromatic nitrogens is 4. The van der Waals surface area contributed by atoms with Gasteiger partial charge < -0.3 is 5.32 Å². The normalized spacial score (nSPS) is 12.1. The van der Waals surface area contributed by atoms with Gasteiger partial charge in [0.05, 0.1) is 22.9 Å². The van der Waals surface area contributed by atoms with Crippen LogP contribution in [0.3, 0.4) is 0 Å². The van der Waals surface area contributed by atoms with E-state index in [1.807, 2.05) is 37.3 Å². The number of pyridine rings is 1. The van der Waals surface area contributed by atoms with Gasteiger partial charge in [0, 0.05) is 6.20 Å². The lowest BCUT2D eigenvalue weighted by Crippen LogP contribution is -2.09. The van der Waals surface area contributed by atoms with Crippen molar-refractivity contribution >= 4 is 17.4 Å². The fourth-order valence-corrected chi connectivity index (χ4v) is 2.13. The summed E-state index contributed by atoms with van der Waals surface area (Å²) in [6.45, 7) is 1.86. The zero-order chi connectivity index (χ0) is 15.5. The third kappa shape index (κ3) is 3.07. The standard InChI is InChI=1S/C15H13ClFN5/c1-10(19-15-13(17)7-11(16)8-18-15)14-9-22(21-20-14)12-5-3-2-4-6-12/h2-10H,1H3,(H,18,19). The first kappa shape index (κ1) is 14.5. The minimum absolute atomic E-state index is 0.131. The van der Waals surface area contributed by atoms with Crippen LogP contribution in [0, 0.1) is 5.82 Å². The molecule has 0 spiro atoms. The Labute approximate surface area is 131 Å². The Morgan fingerprint density at radius 2 is 2.05 bits per heavy atom. The summed E-state index contributed by atoms with van der Waals surface area (Å²) >= 11 is 5.69. The summed E-state index contributed by atoms with van der Waals surface area (Å²) in [5.41, 5.74) is 1.59. The monoisotopic (exact) mass is 317 g/mol. The van der Waals surface area contributed by atoms with Crippen molar-refractivity contribution in [3.05, 3.63) is 65.3 Å². The highest BCUT2D eigenvalue weighted by molar-refractivity contribution is 6.30. The highest BCUT2D eigenvalue weighted by atomic mass is 35.5. The van der Waals surface area contributed by atoms with E-state index < -0.39 is 5.82 Å². The van der Waals surface area contributed by atoms with Gasteiger partial charge in [0.1, 0.15) is 5.69 Å². The minimum Gasteiger partial charge on any atom is -0.359 e. The number of hydrogen-bond donors (Lipinski definition) is 1. The van der Waals surface area contributed by atoms with Gasteiger partial charge in [0.15, 0.2) is 11.6 Å². The quantitative estimate of drug-likeness (QED) is 0.798. The molecule has 7 heteroatoms. The second-order valence-electron chi connectivity index (χ2n) is 4.77. The van der Waals surface area contributed by atoms with Gasteiger partial charge in [-0.05, 0) is 25.1 Å². The molecule has 3 rings (SSSR count). The van der Waals surface area contributed by atoms with Crippen LogP contribution in [-0.2, 0) is 0 Å². The van der Waals surface area contributed by atoms with Gasteiger partial charge in [0.2, 0.25) is 0 Å². The lowest BCUT2D eigenvalue weighted by Gasteiger charge is -2.12. The van der Waals surface area contributed by atoms with Gasteiger partial charge in [-0.3, -0.25) is 0 Å². The van der Waals surface area contributed by atoms with Crippen LogP contribution in [0.15, 0.2) is 48.8 Å². The molecular formula is C15H13ClFN5. The van der Waals surface area contributed by atoms with Crippen LogP contribution in [0.1, 0.15) is 18.7 Å². The maximum Gasteiger partial charge on any atom is 0.166 e. The number of anilines is 1. The summed E-state index contributed by atoms with van der Waals surface area (Å²) in [5.74, 6) is -0.374. The number of para-hydroxylation sites is 1. The van der Waals surface area contributed by atoms with E-state index in [2.05, 4.69) is 20.6 Å². The maximum atomic E-state index is 13.7. The van der Waals surface area contributed by atoms with Gasteiger partial charge in [-0.1, -0.05) is 35.0 Å². The molecule has 1 N–H and O–H groups in total. The molecule has 0 aliphatic carbocycles. The van der Waals surface area contributed by atoms with E-state index in [0.29, 0.717) is 5.69 Å². The largest absolute Gasteiger partial charge is 0.359 e. The first-order valence-corrected chi connectivity index (χ1v) is 7.06. The Morgan fingerprint density at radius 3 is 2.77 bits per heavy atom. The summed E-state index contributed by atoms with van der Waals surface area (Å²) in [7, 11) is 0. The van der Waals surface area contributed by atoms with Crippen molar-refractivity contribution in [1.82, 2.24) is 20.0 Å².